The van der Waals surface area contributed by atoms with E-state index in [0.29, 0.717) is 0 Å². The van der Waals surface area contributed by atoms with Gasteiger partial charge in [-0.25, -0.2) is 13.4 Å². The summed E-state index contributed by atoms with van der Waals surface area (Å²) in [5.74, 6) is 0.241. The quantitative estimate of drug-likeness (QED) is 0.905. The van der Waals surface area contributed by atoms with Gasteiger partial charge in [-0.1, -0.05) is 0 Å². The molecule has 1 N–H and O–H groups in total. The van der Waals surface area contributed by atoms with E-state index < -0.39 is 9.84 Å². The van der Waals surface area contributed by atoms with Crippen molar-refractivity contribution in [3.8, 4) is 6.07 Å². The van der Waals surface area contributed by atoms with Crippen LogP contribution in [-0.4, -0.2) is 32.2 Å². The van der Waals surface area contributed by atoms with Gasteiger partial charge in [0.2, 0.25) is 0 Å². The van der Waals surface area contributed by atoms with Crippen LogP contribution >= 0.6 is 12.4 Å². The Kier molecular flexibility index (Phi) is 5.73. The highest BCUT2D eigenvalue weighted by molar-refractivity contribution is 7.91. The van der Waals surface area contributed by atoms with Gasteiger partial charge in [0.15, 0.2) is 14.9 Å². The van der Waals surface area contributed by atoms with E-state index in [1.165, 1.54) is 12.3 Å². The summed E-state index contributed by atoms with van der Waals surface area (Å²) in [6, 6.07) is 4.94. The molecule has 2 rings (SSSR count). The Morgan fingerprint density at radius 3 is 2.74 bits per heavy atom. The third kappa shape index (κ3) is 3.90. The lowest BCUT2D eigenvalue weighted by Gasteiger charge is -2.22. The standard InChI is InChI=1S/C12H15N3O2S.ClH/c13-8-11-2-1-5-15-12(11)18(16,17)9-10-3-6-14-7-4-10;/h1-2,5,10,14H,3-4,6-7,9H2;1H. The van der Waals surface area contributed by atoms with Gasteiger partial charge < -0.3 is 5.32 Å². The molecule has 5 nitrogen and oxygen atoms in total. The highest BCUT2D eigenvalue weighted by Crippen LogP contribution is 2.20. The largest absolute Gasteiger partial charge is 0.317 e. The smallest absolute Gasteiger partial charge is 0.197 e. The van der Waals surface area contributed by atoms with Gasteiger partial charge in [-0.15, -0.1) is 12.4 Å². The molecular weight excluding hydrogens is 286 g/mol. The summed E-state index contributed by atoms with van der Waals surface area (Å²) in [5, 5.41) is 12.0. The average molecular weight is 302 g/mol. The molecule has 0 radical (unpaired) electrons. The molecule has 1 saturated heterocycles. The van der Waals surface area contributed by atoms with E-state index in [4.69, 9.17) is 5.26 Å². The summed E-state index contributed by atoms with van der Waals surface area (Å²) in [5.41, 5.74) is 0.131. The first-order valence-electron chi connectivity index (χ1n) is 5.92. The molecule has 2 heterocycles. The minimum absolute atomic E-state index is 0. The summed E-state index contributed by atoms with van der Waals surface area (Å²) < 4.78 is 24.5. The molecular formula is C12H16ClN3O2S. The molecule has 0 bridgehead atoms. The SMILES string of the molecule is Cl.N#Cc1cccnc1S(=O)(=O)CC1CCNCC1. The van der Waals surface area contributed by atoms with Gasteiger partial charge in [-0.05, 0) is 44.0 Å². The second-order valence-corrected chi connectivity index (χ2v) is 6.39. The molecule has 1 fully saturated rings. The average Bonchev–Trinajstić information content (AvgIpc) is 2.39. The Labute approximate surface area is 119 Å². The third-order valence-corrected chi connectivity index (χ3v) is 4.92. The van der Waals surface area contributed by atoms with Crippen LogP contribution in [0.3, 0.4) is 0 Å². The number of nitrogens with zero attached hydrogens (tertiary/aromatic N) is 2. The molecule has 0 saturated carbocycles. The predicted octanol–water partition coefficient (Wildman–Crippen LogP) is 1.15. The van der Waals surface area contributed by atoms with E-state index >= 15 is 0 Å². The zero-order valence-corrected chi connectivity index (χ0v) is 12.0. The summed E-state index contributed by atoms with van der Waals surface area (Å²) in [4.78, 5) is 3.86. The Bertz CT molecular complexity index is 563. The van der Waals surface area contributed by atoms with Crippen molar-refractivity contribution in [2.75, 3.05) is 18.8 Å². The zero-order chi connectivity index (χ0) is 13.0. The fraction of sp³-hybridized carbons (Fsp3) is 0.500. The molecule has 1 aliphatic rings. The number of nitriles is 1. The van der Waals surface area contributed by atoms with Crippen LogP contribution in [-0.2, 0) is 9.84 Å². The van der Waals surface area contributed by atoms with E-state index in [1.807, 2.05) is 6.07 Å². The molecule has 0 unspecified atom stereocenters. The Hall–Kier alpha value is -1.16. The van der Waals surface area contributed by atoms with Crippen LogP contribution in [0.25, 0.3) is 0 Å². The molecule has 19 heavy (non-hydrogen) atoms. The van der Waals surface area contributed by atoms with E-state index in [9.17, 15) is 8.42 Å². The number of sulfone groups is 1. The van der Waals surface area contributed by atoms with Gasteiger partial charge >= 0.3 is 0 Å². The lowest BCUT2D eigenvalue weighted by Crippen LogP contribution is -2.31. The van der Waals surface area contributed by atoms with Crippen molar-refractivity contribution >= 4 is 22.2 Å². The van der Waals surface area contributed by atoms with Crippen molar-refractivity contribution in [2.24, 2.45) is 5.92 Å². The van der Waals surface area contributed by atoms with E-state index in [-0.39, 0.29) is 34.7 Å². The number of halogens is 1. The molecule has 0 atom stereocenters. The summed E-state index contributed by atoms with van der Waals surface area (Å²) >= 11 is 0. The number of aromatic nitrogens is 1. The lowest BCUT2D eigenvalue weighted by molar-refractivity contribution is 0.401. The second kappa shape index (κ2) is 6.85. The van der Waals surface area contributed by atoms with Crippen molar-refractivity contribution in [3.63, 3.8) is 0 Å². The van der Waals surface area contributed by atoms with Crippen molar-refractivity contribution in [1.29, 1.82) is 5.26 Å². The number of nitrogens with one attached hydrogen (secondary N) is 1. The van der Waals surface area contributed by atoms with E-state index in [2.05, 4.69) is 10.3 Å². The monoisotopic (exact) mass is 301 g/mol. The normalized spacial score (nSPS) is 16.4. The maximum atomic E-state index is 12.2. The first kappa shape index (κ1) is 15.9. The number of rotatable bonds is 3. The Morgan fingerprint density at radius 1 is 1.42 bits per heavy atom. The van der Waals surface area contributed by atoms with Crippen LogP contribution < -0.4 is 5.32 Å². The van der Waals surface area contributed by atoms with E-state index in [1.54, 1.807) is 6.07 Å². The summed E-state index contributed by atoms with van der Waals surface area (Å²) in [6.07, 6.45) is 3.12. The minimum Gasteiger partial charge on any atom is -0.317 e. The van der Waals surface area contributed by atoms with Gasteiger partial charge in [-0.3, -0.25) is 0 Å². The molecule has 1 aromatic rings. The topological polar surface area (TPSA) is 82.8 Å². The van der Waals surface area contributed by atoms with Crippen LogP contribution in [0, 0.1) is 17.2 Å². The van der Waals surface area contributed by atoms with Crippen molar-refractivity contribution in [2.45, 2.75) is 17.9 Å². The highest BCUT2D eigenvalue weighted by Gasteiger charge is 2.26. The Morgan fingerprint density at radius 2 is 2.11 bits per heavy atom. The van der Waals surface area contributed by atoms with Gasteiger partial charge in [0.1, 0.15) is 6.07 Å². The molecule has 1 aromatic heterocycles. The van der Waals surface area contributed by atoms with Crippen LogP contribution in [0.15, 0.2) is 23.4 Å². The highest BCUT2D eigenvalue weighted by atomic mass is 35.5. The van der Waals surface area contributed by atoms with Gasteiger partial charge in [-0.2, -0.15) is 5.26 Å². The summed E-state index contributed by atoms with van der Waals surface area (Å²) in [7, 11) is -3.46. The molecule has 0 aromatic carbocycles. The van der Waals surface area contributed by atoms with Crippen molar-refractivity contribution < 1.29 is 8.42 Å². The number of pyridine rings is 1. The van der Waals surface area contributed by atoms with Crippen LogP contribution in [0.4, 0.5) is 0 Å². The van der Waals surface area contributed by atoms with Gasteiger partial charge in [0.05, 0.1) is 11.3 Å². The maximum absolute atomic E-state index is 12.2. The molecule has 0 amide bonds. The maximum Gasteiger partial charge on any atom is 0.197 e. The molecule has 7 heteroatoms. The molecule has 1 aliphatic heterocycles. The van der Waals surface area contributed by atoms with E-state index in [0.717, 1.165) is 25.9 Å². The van der Waals surface area contributed by atoms with Crippen molar-refractivity contribution in [3.05, 3.63) is 23.9 Å². The number of hydrogen-bond donors (Lipinski definition) is 1. The van der Waals surface area contributed by atoms with Crippen molar-refractivity contribution in [1.82, 2.24) is 10.3 Å². The number of hydrogen-bond acceptors (Lipinski definition) is 5. The fourth-order valence-corrected chi connectivity index (χ4v) is 3.94. The zero-order valence-electron chi connectivity index (χ0n) is 10.4. The first-order chi connectivity index (χ1) is 8.63. The molecule has 104 valence electrons. The van der Waals surface area contributed by atoms with Gasteiger partial charge in [0.25, 0.3) is 0 Å². The number of piperidine rings is 1. The fourth-order valence-electron chi connectivity index (χ4n) is 2.16. The third-order valence-electron chi connectivity index (χ3n) is 3.10. The van der Waals surface area contributed by atoms with Crippen LogP contribution in [0.2, 0.25) is 0 Å². The predicted molar refractivity (Wildman–Crippen MR) is 73.8 cm³/mol. The minimum atomic E-state index is -3.46. The molecule has 0 spiro atoms. The Balaban J connectivity index is 0.00000180. The van der Waals surface area contributed by atoms with Crippen LogP contribution in [0.1, 0.15) is 18.4 Å². The molecule has 0 aliphatic carbocycles. The van der Waals surface area contributed by atoms with Crippen LogP contribution in [0.5, 0.6) is 0 Å². The lowest BCUT2D eigenvalue weighted by atomic mass is 10.0. The van der Waals surface area contributed by atoms with Gasteiger partial charge in [0, 0.05) is 6.20 Å². The first-order valence-corrected chi connectivity index (χ1v) is 7.57. The summed E-state index contributed by atoms with van der Waals surface area (Å²) in [6.45, 7) is 1.71. The second-order valence-electron chi connectivity index (χ2n) is 4.44.